The Labute approximate surface area is 393 Å². The highest BCUT2D eigenvalue weighted by Crippen LogP contribution is 2.45. The van der Waals surface area contributed by atoms with Gasteiger partial charge in [-0.3, -0.25) is 4.57 Å². The second-order valence-electron chi connectivity index (χ2n) is 17.2. The number of benzene rings is 10. The summed E-state index contributed by atoms with van der Waals surface area (Å²) in [6, 6.07) is 88.6. The first kappa shape index (κ1) is 39.2. The van der Waals surface area contributed by atoms with Crippen molar-refractivity contribution in [2.45, 2.75) is 0 Å². The first-order valence-electron chi connectivity index (χ1n) is 23.1. The molecule has 0 fully saturated rings. The van der Waals surface area contributed by atoms with Crippen molar-refractivity contribution >= 4 is 43.6 Å². The Hall–Kier alpha value is -9.19. The van der Waals surface area contributed by atoms with E-state index in [0.29, 0.717) is 5.82 Å². The number of nitrogens with zero attached hydrogens (tertiary/aromatic N) is 5. The minimum Gasteiger partial charge on any atom is -0.306 e. The highest BCUT2D eigenvalue weighted by molar-refractivity contribution is 6.24. The van der Waals surface area contributed by atoms with Crippen LogP contribution in [-0.4, -0.2) is 19.2 Å². The number of fused-ring (bicyclic) bond motifs is 7. The van der Waals surface area contributed by atoms with Gasteiger partial charge in [0, 0.05) is 55.5 Å². The van der Waals surface area contributed by atoms with Gasteiger partial charge >= 0.3 is 0 Å². The first-order valence-corrected chi connectivity index (χ1v) is 23.1. The molecule has 3 heterocycles. The van der Waals surface area contributed by atoms with E-state index in [0.717, 1.165) is 88.8 Å². The predicted octanol–water partition coefficient (Wildman–Crippen LogP) is 15.3. The van der Waals surface area contributed by atoms with Gasteiger partial charge in [0.1, 0.15) is 0 Å². The average molecular weight is 869 g/mol. The highest BCUT2D eigenvalue weighted by atomic mass is 15.3. The molecule has 318 valence electrons. The van der Waals surface area contributed by atoms with Crippen molar-refractivity contribution in [1.82, 2.24) is 19.2 Å². The van der Waals surface area contributed by atoms with E-state index in [1.54, 1.807) is 0 Å². The molecular weight excluding hydrogens is 827 g/mol. The number of rotatable bonds is 8. The Kier molecular flexibility index (Phi) is 9.43. The van der Waals surface area contributed by atoms with E-state index in [2.05, 4.69) is 246 Å². The Morgan fingerprint density at radius 1 is 0.309 bits per heavy atom. The molecule has 5 heteroatoms. The Bertz CT molecular complexity index is 3930. The molecule has 3 aromatic heterocycles. The van der Waals surface area contributed by atoms with E-state index < -0.39 is 0 Å². The van der Waals surface area contributed by atoms with E-state index in [4.69, 9.17) is 10.1 Å². The van der Waals surface area contributed by atoms with Gasteiger partial charge in [-0.05, 0) is 62.3 Å². The summed E-state index contributed by atoms with van der Waals surface area (Å²) in [4.78, 5) is 5.50. The number of aromatic nitrogens is 5. The number of hydrogen-bond acceptors (Lipinski definition) is 2. The summed E-state index contributed by atoms with van der Waals surface area (Å²) < 4.78 is 6.88. The molecule has 10 aromatic carbocycles. The third kappa shape index (κ3) is 6.51. The van der Waals surface area contributed by atoms with E-state index in [9.17, 15) is 0 Å². The largest absolute Gasteiger partial charge is 0.306 e. The Morgan fingerprint density at radius 3 is 1.26 bits per heavy atom. The molecule has 0 bridgehead atoms. The van der Waals surface area contributed by atoms with Crippen LogP contribution in [0.1, 0.15) is 0 Å². The van der Waals surface area contributed by atoms with Gasteiger partial charge in [-0.25, -0.2) is 0 Å². The van der Waals surface area contributed by atoms with E-state index in [1.165, 1.54) is 22.1 Å². The van der Waals surface area contributed by atoms with Crippen LogP contribution in [0.25, 0.3) is 117 Å². The zero-order valence-corrected chi connectivity index (χ0v) is 37.0. The fraction of sp³-hybridized carbons (Fsp3) is 0. The van der Waals surface area contributed by atoms with Crippen molar-refractivity contribution in [3.63, 3.8) is 0 Å². The van der Waals surface area contributed by atoms with Crippen LogP contribution in [0.5, 0.6) is 0 Å². The number of para-hydroxylation sites is 3. The van der Waals surface area contributed by atoms with E-state index in [-0.39, 0.29) is 0 Å². The lowest BCUT2D eigenvalue weighted by molar-refractivity contribution is -0.659. The van der Waals surface area contributed by atoms with Gasteiger partial charge in [0.05, 0.1) is 27.8 Å². The molecule has 0 spiro atoms. The first-order chi connectivity index (χ1) is 33.8. The van der Waals surface area contributed by atoms with Gasteiger partial charge in [0.2, 0.25) is 23.5 Å². The van der Waals surface area contributed by atoms with Gasteiger partial charge in [0.15, 0.2) is 0 Å². The van der Waals surface area contributed by atoms with Gasteiger partial charge in [-0.1, -0.05) is 212 Å². The summed E-state index contributed by atoms with van der Waals surface area (Å²) in [6.45, 7) is 0. The van der Waals surface area contributed by atoms with Crippen molar-refractivity contribution in [3.8, 4) is 73.1 Å². The summed E-state index contributed by atoms with van der Waals surface area (Å²) in [5.41, 5.74) is 16.6. The third-order valence-corrected chi connectivity index (χ3v) is 13.3. The van der Waals surface area contributed by atoms with Crippen LogP contribution in [0.4, 0.5) is 0 Å². The molecule has 0 unspecified atom stereocenters. The molecule has 0 aliphatic carbocycles. The van der Waals surface area contributed by atoms with Gasteiger partial charge < -0.3 is 4.57 Å². The fourth-order valence-electron chi connectivity index (χ4n) is 10.2. The second-order valence-corrected chi connectivity index (χ2v) is 17.2. The van der Waals surface area contributed by atoms with E-state index >= 15 is 0 Å². The molecule has 0 aliphatic rings. The van der Waals surface area contributed by atoms with Crippen molar-refractivity contribution < 1.29 is 4.68 Å². The van der Waals surface area contributed by atoms with Crippen molar-refractivity contribution in [3.05, 3.63) is 255 Å². The summed E-state index contributed by atoms with van der Waals surface area (Å²) >= 11 is 0. The second kappa shape index (κ2) is 16.4. The monoisotopic (exact) mass is 868 g/mol. The normalized spacial score (nSPS) is 11.5. The topological polar surface area (TPSA) is 39.5 Å². The molecule has 0 N–H and O–H groups in total. The van der Waals surface area contributed by atoms with Gasteiger partial charge in [0.25, 0.3) is 0 Å². The van der Waals surface area contributed by atoms with Crippen molar-refractivity contribution in [1.29, 1.82) is 0 Å². The molecule has 0 radical (unpaired) electrons. The quantitative estimate of drug-likeness (QED) is 0.143. The maximum Gasteiger partial charge on any atom is 0.246 e. The summed E-state index contributed by atoms with van der Waals surface area (Å²) in [7, 11) is 0. The molecule has 0 saturated carbocycles. The van der Waals surface area contributed by atoms with Crippen LogP contribution in [0.2, 0.25) is 0 Å². The standard InChI is InChI=1S/C63H42N5/c1-5-20-43(21-6-1)49-28-13-14-29-50(49)46-36-38-48(39-37-46)66-42-59(64-63(65-66)47-26-11-4-12-27-47)67-57-34-17-15-30-53(57)55-40-41-56-54-31-16-18-35-58(54)68(62(56)61(55)67)60-51(44-22-7-2-8-23-44)32-19-33-52(60)45-24-9-3-10-25-45/h1-42H/q+1. The molecule has 13 aromatic rings. The smallest absolute Gasteiger partial charge is 0.246 e. The molecule has 0 saturated heterocycles. The molecule has 0 aliphatic heterocycles. The van der Waals surface area contributed by atoms with Crippen LogP contribution < -0.4 is 4.68 Å². The summed E-state index contributed by atoms with van der Waals surface area (Å²) in [5, 5.41) is 9.88. The molecule has 0 atom stereocenters. The zero-order valence-electron chi connectivity index (χ0n) is 37.0. The molecular formula is C63H42N5+. The van der Waals surface area contributed by atoms with Gasteiger partial charge in [-0.2, -0.15) is 4.98 Å². The minimum atomic E-state index is 0.626. The maximum absolute atomic E-state index is 5.50. The molecule has 13 rings (SSSR count). The van der Waals surface area contributed by atoms with Crippen LogP contribution in [-0.2, 0) is 0 Å². The molecule has 68 heavy (non-hydrogen) atoms. The van der Waals surface area contributed by atoms with E-state index in [1.807, 2.05) is 22.9 Å². The third-order valence-electron chi connectivity index (χ3n) is 13.3. The maximum atomic E-state index is 5.50. The average Bonchev–Trinajstić information content (AvgIpc) is 3.94. The van der Waals surface area contributed by atoms with Crippen molar-refractivity contribution in [2.75, 3.05) is 0 Å². The highest BCUT2D eigenvalue weighted by Gasteiger charge is 2.27. The summed E-state index contributed by atoms with van der Waals surface area (Å²) in [6.07, 6.45) is 2.09. The zero-order chi connectivity index (χ0) is 45.0. The van der Waals surface area contributed by atoms with Crippen LogP contribution >= 0.6 is 0 Å². The fourth-order valence-corrected chi connectivity index (χ4v) is 10.2. The molecule has 0 amide bonds. The summed E-state index contributed by atoms with van der Waals surface area (Å²) in [5.74, 6) is 1.38. The van der Waals surface area contributed by atoms with Crippen LogP contribution in [0.3, 0.4) is 0 Å². The Balaban J connectivity index is 1.11. The Morgan fingerprint density at radius 2 is 0.721 bits per heavy atom. The lowest BCUT2D eigenvalue weighted by Crippen LogP contribution is -2.36. The lowest BCUT2D eigenvalue weighted by Gasteiger charge is -2.20. The van der Waals surface area contributed by atoms with Gasteiger partial charge in [-0.15, -0.1) is 0 Å². The predicted molar refractivity (Wildman–Crippen MR) is 279 cm³/mol. The minimum absolute atomic E-state index is 0.626. The molecule has 5 nitrogen and oxygen atoms in total. The van der Waals surface area contributed by atoms with Crippen LogP contribution in [0.15, 0.2) is 255 Å². The van der Waals surface area contributed by atoms with Crippen molar-refractivity contribution in [2.24, 2.45) is 0 Å². The number of hydrogen-bond donors (Lipinski definition) is 0. The van der Waals surface area contributed by atoms with Crippen LogP contribution in [0, 0.1) is 0 Å². The SMILES string of the molecule is c1ccc(-c2nc(-n3c4ccccc4c4ccc5c6ccccc6n(-c6c(-c7ccccc7)cccc6-c6ccccc6)c5c43)c[n+](-c3ccc(-c4ccccc4-c4ccccc4)cc3)n2)cc1. The lowest BCUT2D eigenvalue weighted by atomic mass is 9.94.